The fourth-order valence-corrected chi connectivity index (χ4v) is 5.93. The van der Waals surface area contributed by atoms with Crippen molar-refractivity contribution in [3.05, 3.63) is 58.9 Å². The van der Waals surface area contributed by atoms with E-state index in [1.165, 1.54) is 11.3 Å². The lowest BCUT2D eigenvalue weighted by Crippen LogP contribution is -2.46. The van der Waals surface area contributed by atoms with Crippen LogP contribution in [0.25, 0.3) is 11.3 Å². The molecule has 0 spiro atoms. The summed E-state index contributed by atoms with van der Waals surface area (Å²) in [7, 11) is -3.49. The van der Waals surface area contributed by atoms with Gasteiger partial charge in [0.05, 0.1) is 6.20 Å². The molecule has 1 saturated heterocycles. The molecule has 0 radical (unpaired) electrons. The number of rotatable bonds is 7. The van der Waals surface area contributed by atoms with Crippen molar-refractivity contribution >= 4 is 38.9 Å². The smallest absolute Gasteiger partial charge is 0.250 e. The number of aromatic nitrogens is 1. The summed E-state index contributed by atoms with van der Waals surface area (Å²) in [5.74, 6) is 1.17. The van der Waals surface area contributed by atoms with E-state index in [0.29, 0.717) is 59.7 Å². The van der Waals surface area contributed by atoms with E-state index in [0.717, 1.165) is 5.56 Å². The van der Waals surface area contributed by atoms with Gasteiger partial charge in [-0.1, -0.05) is 17.7 Å². The summed E-state index contributed by atoms with van der Waals surface area (Å²) in [5.41, 5.74) is 0.876. The second-order valence-electron chi connectivity index (χ2n) is 7.33. The van der Waals surface area contributed by atoms with Crippen LogP contribution in [0.5, 0.6) is 0 Å². The van der Waals surface area contributed by atoms with E-state index >= 15 is 0 Å². The van der Waals surface area contributed by atoms with Gasteiger partial charge >= 0.3 is 0 Å². The molecule has 0 saturated carbocycles. The van der Waals surface area contributed by atoms with Crippen LogP contribution in [0.3, 0.4) is 0 Å². The van der Waals surface area contributed by atoms with Crippen LogP contribution in [0, 0.1) is 0 Å². The number of thiophene rings is 1. The molecule has 1 aliphatic heterocycles. The molecule has 7 nitrogen and oxygen atoms in total. The number of oxazole rings is 1. The van der Waals surface area contributed by atoms with Crippen LogP contribution in [0.4, 0.5) is 0 Å². The summed E-state index contributed by atoms with van der Waals surface area (Å²) in [6, 6.07) is 10.4. The summed E-state index contributed by atoms with van der Waals surface area (Å²) in [6.07, 6.45) is 3.55. The number of aryl methyl sites for hydroxylation is 1. The van der Waals surface area contributed by atoms with Gasteiger partial charge in [-0.3, -0.25) is 4.79 Å². The Morgan fingerprint density at radius 3 is 2.65 bits per heavy atom. The molecule has 1 amide bonds. The van der Waals surface area contributed by atoms with Gasteiger partial charge in [-0.15, -0.1) is 11.3 Å². The molecule has 0 atom stereocenters. The predicted molar refractivity (Wildman–Crippen MR) is 120 cm³/mol. The van der Waals surface area contributed by atoms with E-state index in [-0.39, 0.29) is 11.9 Å². The third kappa shape index (κ3) is 5.54. The van der Waals surface area contributed by atoms with Crippen LogP contribution < -0.4 is 4.72 Å². The number of hydrogen-bond acceptors (Lipinski definition) is 6. The Hall–Kier alpha value is -2.20. The molecule has 164 valence electrons. The molecular weight excluding hydrogens is 458 g/mol. The highest BCUT2D eigenvalue weighted by Gasteiger charge is 2.27. The van der Waals surface area contributed by atoms with E-state index in [2.05, 4.69) is 9.71 Å². The zero-order valence-corrected chi connectivity index (χ0v) is 19.0. The van der Waals surface area contributed by atoms with Crippen LogP contribution in [-0.2, 0) is 21.2 Å². The van der Waals surface area contributed by atoms with Gasteiger partial charge in [0.2, 0.25) is 15.9 Å². The van der Waals surface area contributed by atoms with Crippen molar-refractivity contribution in [2.24, 2.45) is 0 Å². The van der Waals surface area contributed by atoms with Gasteiger partial charge < -0.3 is 9.32 Å². The first-order chi connectivity index (χ1) is 14.9. The molecule has 1 aliphatic rings. The molecule has 4 rings (SSSR count). The molecule has 0 aliphatic carbocycles. The van der Waals surface area contributed by atoms with Crippen molar-refractivity contribution in [3.8, 4) is 11.3 Å². The van der Waals surface area contributed by atoms with Gasteiger partial charge in [0.1, 0.15) is 4.21 Å². The Morgan fingerprint density at radius 2 is 1.97 bits per heavy atom. The van der Waals surface area contributed by atoms with Crippen LogP contribution >= 0.6 is 22.9 Å². The zero-order valence-electron chi connectivity index (χ0n) is 16.7. The van der Waals surface area contributed by atoms with Gasteiger partial charge in [0.25, 0.3) is 0 Å². The van der Waals surface area contributed by atoms with Crippen molar-refractivity contribution in [3.63, 3.8) is 0 Å². The van der Waals surface area contributed by atoms with E-state index in [4.69, 9.17) is 16.0 Å². The lowest BCUT2D eigenvalue weighted by atomic mass is 10.1. The summed E-state index contributed by atoms with van der Waals surface area (Å²) in [5, 5.41) is 2.39. The molecule has 31 heavy (non-hydrogen) atoms. The largest absolute Gasteiger partial charge is 0.441 e. The number of carbonyl (C=O) groups excluding carboxylic acids is 1. The van der Waals surface area contributed by atoms with E-state index < -0.39 is 10.0 Å². The van der Waals surface area contributed by atoms with Crippen molar-refractivity contribution in [2.45, 2.75) is 35.9 Å². The molecule has 1 fully saturated rings. The first-order valence-electron chi connectivity index (χ1n) is 9.95. The number of halogens is 1. The second-order valence-corrected chi connectivity index (χ2v) is 10.7. The highest BCUT2D eigenvalue weighted by atomic mass is 35.5. The number of sulfonamides is 1. The van der Waals surface area contributed by atoms with Crippen molar-refractivity contribution in [2.75, 3.05) is 13.1 Å². The molecule has 3 heterocycles. The van der Waals surface area contributed by atoms with E-state index in [9.17, 15) is 13.2 Å². The molecule has 1 N–H and O–H groups in total. The number of likely N-dealkylation sites (tertiary alicyclic amines) is 1. The zero-order chi connectivity index (χ0) is 21.8. The Balaban J connectivity index is 1.25. The standard InChI is InChI=1S/C21H22ClN3O4S2/c22-16-5-3-15(4-6-16)18-14-23-19(29-18)7-8-20(26)25-11-9-17(10-12-25)24-31(27,28)21-2-1-13-30-21/h1-6,13-14,17,24H,7-12H2. The third-order valence-electron chi connectivity index (χ3n) is 5.16. The summed E-state index contributed by atoms with van der Waals surface area (Å²) in [4.78, 5) is 18.6. The second kappa shape index (κ2) is 9.52. The molecule has 3 aromatic rings. The molecule has 0 bridgehead atoms. The Bertz CT molecular complexity index is 1120. The van der Waals surface area contributed by atoms with Crippen LogP contribution in [0.1, 0.15) is 25.2 Å². The lowest BCUT2D eigenvalue weighted by molar-refractivity contribution is -0.132. The SMILES string of the molecule is O=C(CCc1ncc(-c2ccc(Cl)cc2)o1)N1CCC(NS(=O)(=O)c2cccs2)CC1. The first-order valence-corrected chi connectivity index (χ1v) is 12.7. The minimum Gasteiger partial charge on any atom is -0.441 e. The molecule has 2 aromatic heterocycles. The normalized spacial score (nSPS) is 15.3. The van der Waals surface area contributed by atoms with Gasteiger partial charge in [-0.05, 0) is 48.6 Å². The number of piperidine rings is 1. The highest BCUT2D eigenvalue weighted by Crippen LogP contribution is 2.23. The summed E-state index contributed by atoms with van der Waals surface area (Å²) >= 11 is 7.10. The first kappa shape index (κ1) is 22.0. The van der Waals surface area contributed by atoms with Crippen molar-refractivity contribution in [1.82, 2.24) is 14.6 Å². The van der Waals surface area contributed by atoms with Crippen molar-refractivity contribution in [1.29, 1.82) is 0 Å². The number of hydrogen-bond donors (Lipinski definition) is 1. The molecule has 10 heteroatoms. The highest BCUT2D eigenvalue weighted by molar-refractivity contribution is 7.91. The maximum absolute atomic E-state index is 12.6. The average Bonchev–Trinajstić information content (AvgIpc) is 3.46. The number of nitrogens with zero attached hydrogens (tertiary/aromatic N) is 2. The fraction of sp³-hybridized carbons (Fsp3) is 0.333. The monoisotopic (exact) mass is 479 g/mol. The fourth-order valence-electron chi connectivity index (χ4n) is 3.49. The molecule has 0 unspecified atom stereocenters. The minimum absolute atomic E-state index is 0.0193. The summed E-state index contributed by atoms with van der Waals surface area (Å²) in [6.45, 7) is 1.05. The predicted octanol–water partition coefficient (Wildman–Crippen LogP) is 3.96. The van der Waals surface area contributed by atoms with Gasteiger partial charge in [0, 0.05) is 42.6 Å². The topological polar surface area (TPSA) is 92.5 Å². The quantitative estimate of drug-likeness (QED) is 0.553. The van der Waals surface area contributed by atoms with Crippen LogP contribution in [0.15, 0.2) is 56.6 Å². The van der Waals surface area contributed by atoms with Crippen LogP contribution in [0.2, 0.25) is 5.02 Å². The number of carbonyl (C=O) groups is 1. The maximum atomic E-state index is 12.6. The Kier molecular flexibility index (Phi) is 6.76. The third-order valence-corrected chi connectivity index (χ3v) is 8.33. The molecular formula is C21H22ClN3O4S2. The van der Waals surface area contributed by atoms with Crippen LogP contribution in [-0.4, -0.2) is 43.3 Å². The average molecular weight is 480 g/mol. The number of nitrogens with one attached hydrogen (secondary N) is 1. The molecule has 1 aromatic carbocycles. The minimum atomic E-state index is -3.49. The van der Waals surface area contributed by atoms with Crippen molar-refractivity contribution < 1.29 is 17.6 Å². The summed E-state index contributed by atoms with van der Waals surface area (Å²) < 4.78 is 33.5. The van der Waals surface area contributed by atoms with Gasteiger partial charge in [-0.25, -0.2) is 18.1 Å². The maximum Gasteiger partial charge on any atom is 0.250 e. The number of benzene rings is 1. The van der Waals surface area contributed by atoms with Gasteiger partial charge in [-0.2, -0.15) is 0 Å². The Labute approximate surface area is 190 Å². The number of amides is 1. The van der Waals surface area contributed by atoms with E-state index in [1.807, 2.05) is 12.1 Å². The Morgan fingerprint density at radius 1 is 1.23 bits per heavy atom. The van der Waals surface area contributed by atoms with Gasteiger partial charge in [0.15, 0.2) is 11.7 Å². The van der Waals surface area contributed by atoms with E-state index in [1.54, 1.807) is 40.7 Å². The lowest BCUT2D eigenvalue weighted by Gasteiger charge is -2.32.